The summed E-state index contributed by atoms with van der Waals surface area (Å²) in [5.41, 5.74) is 4.82. The second-order valence-corrected chi connectivity index (χ2v) is 10.6. The van der Waals surface area contributed by atoms with E-state index in [1.165, 1.54) is 18.3 Å². The first kappa shape index (κ1) is 22.3. The maximum absolute atomic E-state index is 15.0. The first-order valence-electron chi connectivity index (χ1n) is 11.1. The highest BCUT2D eigenvalue weighted by Gasteiger charge is 2.25. The minimum absolute atomic E-state index is 0.0660. The summed E-state index contributed by atoms with van der Waals surface area (Å²) >= 11 is 0. The molecule has 1 N–H and O–H groups in total. The van der Waals surface area contributed by atoms with Crippen LogP contribution >= 0.6 is 0 Å². The molecule has 1 aliphatic rings. The smallest absolute Gasteiger partial charge is 0.279 e. The lowest BCUT2D eigenvalue weighted by molar-refractivity contribution is 0.597. The second-order valence-electron chi connectivity index (χ2n) is 9.01. The minimum Gasteiger partial charge on any atom is -0.374 e. The molecule has 1 aliphatic heterocycles. The number of fused-ring (bicyclic) bond motifs is 2. The van der Waals surface area contributed by atoms with Crippen LogP contribution in [0.25, 0.3) is 22.2 Å². The van der Waals surface area contributed by atoms with Crippen LogP contribution in [0.15, 0.2) is 53.9 Å². The molecule has 0 saturated carbocycles. The molecule has 0 radical (unpaired) electrons. The molecule has 0 atom stereocenters. The Bertz CT molecular complexity index is 1510. The Morgan fingerprint density at radius 1 is 1.15 bits per heavy atom. The number of anilines is 2. The Balaban J connectivity index is 1.71. The number of benzene rings is 1. The number of rotatable bonds is 5. The fourth-order valence-corrected chi connectivity index (χ4v) is 5.45. The number of nitrogens with zero attached hydrogens (tertiary/aromatic N) is 4. The molecule has 3 aromatic heterocycles. The van der Waals surface area contributed by atoms with Crippen molar-refractivity contribution in [1.29, 1.82) is 0 Å². The van der Waals surface area contributed by atoms with Gasteiger partial charge in [-0.25, -0.2) is 14.4 Å². The fraction of sp³-hybridized carbons (Fsp3) is 0.280. The number of pyridine rings is 2. The summed E-state index contributed by atoms with van der Waals surface area (Å²) in [6, 6.07) is 8.37. The molecule has 4 heterocycles. The van der Waals surface area contributed by atoms with Gasteiger partial charge in [-0.2, -0.15) is 8.42 Å². The average molecular weight is 480 g/mol. The molecular formula is C25H26FN5O2S. The first-order chi connectivity index (χ1) is 16.2. The molecule has 4 aromatic rings. The van der Waals surface area contributed by atoms with E-state index >= 15 is 4.39 Å². The van der Waals surface area contributed by atoms with Crippen LogP contribution in [0.3, 0.4) is 0 Å². The van der Waals surface area contributed by atoms with Crippen LogP contribution in [-0.2, 0) is 16.4 Å². The molecule has 0 bridgehead atoms. The number of hydrogen-bond donors (Lipinski definition) is 1. The van der Waals surface area contributed by atoms with E-state index in [2.05, 4.69) is 14.7 Å². The Hall–Kier alpha value is -3.46. The van der Waals surface area contributed by atoms with E-state index in [-0.39, 0.29) is 16.9 Å². The average Bonchev–Trinajstić information content (AvgIpc) is 3.36. The Kier molecular flexibility index (Phi) is 5.31. The van der Waals surface area contributed by atoms with Gasteiger partial charge in [0.25, 0.3) is 10.0 Å². The second kappa shape index (κ2) is 8.09. The van der Waals surface area contributed by atoms with Gasteiger partial charge in [-0.3, -0.25) is 4.72 Å². The Labute approximate surface area is 198 Å². The van der Waals surface area contributed by atoms with Gasteiger partial charge in [-0.15, -0.1) is 0 Å². The van der Waals surface area contributed by atoms with Crippen molar-refractivity contribution < 1.29 is 12.8 Å². The van der Waals surface area contributed by atoms with E-state index in [9.17, 15) is 8.42 Å². The van der Waals surface area contributed by atoms with Crippen LogP contribution in [-0.4, -0.2) is 36.5 Å². The van der Waals surface area contributed by atoms with Crippen molar-refractivity contribution in [2.75, 3.05) is 23.2 Å². The van der Waals surface area contributed by atoms with Crippen molar-refractivity contribution in [1.82, 2.24) is 14.5 Å². The predicted molar refractivity (Wildman–Crippen MR) is 132 cm³/mol. The molecular weight excluding hydrogens is 453 g/mol. The van der Waals surface area contributed by atoms with Crippen LogP contribution in [0.2, 0.25) is 0 Å². The predicted octanol–water partition coefficient (Wildman–Crippen LogP) is 4.92. The first-order valence-corrected chi connectivity index (χ1v) is 12.6. The maximum atomic E-state index is 15.0. The zero-order valence-corrected chi connectivity index (χ0v) is 20.3. The van der Waals surface area contributed by atoms with E-state index in [4.69, 9.17) is 0 Å². The van der Waals surface area contributed by atoms with Crippen LogP contribution < -0.4 is 9.62 Å². The Morgan fingerprint density at radius 2 is 1.94 bits per heavy atom. The van der Waals surface area contributed by atoms with E-state index in [0.29, 0.717) is 39.8 Å². The number of nitrogens with one attached hydrogen (secondary N) is 1. The van der Waals surface area contributed by atoms with Crippen molar-refractivity contribution in [2.45, 2.75) is 38.3 Å². The van der Waals surface area contributed by atoms with Crippen molar-refractivity contribution in [3.63, 3.8) is 0 Å². The van der Waals surface area contributed by atoms with Crippen LogP contribution in [0.5, 0.6) is 0 Å². The molecule has 0 unspecified atom stereocenters. The monoisotopic (exact) mass is 479 g/mol. The quantitative estimate of drug-likeness (QED) is 0.440. The van der Waals surface area contributed by atoms with Gasteiger partial charge < -0.3 is 9.47 Å². The molecule has 7 nitrogen and oxygen atoms in total. The van der Waals surface area contributed by atoms with Gasteiger partial charge in [0.05, 0.1) is 11.1 Å². The third-order valence-corrected chi connectivity index (χ3v) is 7.55. The van der Waals surface area contributed by atoms with Gasteiger partial charge in [-0.1, -0.05) is 6.07 Å². The van der Waals surface area contributed by atoms with Gasteiger partial charge in [-0.05, 0) is 62.6 Å². The number of aryl methyl sites for hydroxylation is 1. The number of aromatic nitrogens is 3. The summed E-state index contributed by atoms with van der Waals surface area (Å²) in [7, 11) is -1.99. The number of likely N-dealkylation sites (N-methyl/N-ethyl adjacent to an activating group) is 1. The lowest BCUT2D eigenvalue weighted by atomic mass is 10.0. The molecule has 0 saturated heterocycles. The highest BCUT2D eigenvalue weighted by atomic mass is 32.2. The molecule has 1 aromatic carbocycles. The van der Waals surface area contributed by atoms with Crippen LogP contribution in [0.1, 0.15) is 31.0 Å². The van der Waals surface area contributed by atoms with Gasteiger partial charge in [0.15, 0.2) is 5.03 Å². The summed E-state index contributed by atoms with van der Waals surface area (Å²) < 4.78 is 45.9. The Morgan fingerprint density at radius 3 is 2.65 bits per heavy atom. The number of hydrogen-bond acceptors (Lipinski definition) is 5. The maximum Gasteiger partial charge on any atom is 0.279 e. The van der Waals surface area contributed by atoms with Crippen molar-refractivity contribution >= 4 is 32.4 Å². The lowest BCUT2D eigenvalue weighted by Crippen LogP contribution is -2.15. The van der Waals surface area contributed by atoms with Gasteiger partial charge in [0, 0.05) is 55.0 Å². The van der Waals surface area contributed by atoms with E-state index in [1.54, 1.807) is 18.3 Å². The zero-order valence-electron chi connectivity index (χ0n) is 19.5. The molecule has 5 rings (SSSR count). The fourth-order valence-electron chi connectivity index (χ4n) is 4.45. The number of halogens is 1. The van der Waals surface area contributed by atoms with E-state index in [1.807, 2.05) is 49.5 Å². The summed E-state index contributed by atoms with van der Waals surface area (Å²) in [6.07, 6.45) is 5.67. The lowest BCUT2D eigenvalue weighted by Gasteiger charge is -2.14. The van der Waals surface area contributed by atoms with Crippen molar-refractivity contribution in [3.8, 4) is 11.1 Å². The van der Waals surface area contributed by atoms with E-state index < -0.39 is 10.0 Å². The highest BCUT2D eigenvalue weighted by molar-refractivity contribution is 7.92. The molecule has 9 heteroatoms. The van der Waals surface area contributed by atoms with Gasteiger partial charge in [0.2, 0.25) is 0 Å². The summed E-state index contributed by atoms with van der Waals surface area (Å²) in [5.74, 6) is -0.253. The summed E-state index contributed by atoms with van der Waals surface area (Å²) in [5, 5.41) is 0.546. The van der Waals surface area contributed by atoms with Crippen molar-refractivity contribution in [2.24, 2.45) is 0 Å². The highest BCUT2D eigenvalue weighted by Crippen LogP contribution is 2.40. The number of sulfonamides is 1. The molecule has 0 fully saturated rings. The third kappa shape index (κ3) is 3.69. The van der Waals surface area contributed by atoms with Crippen LogP contribution in [0, 0.1) is 12.7 Å². The summed E-state index contributed by atoms with van der Waals surface area (Å²) in [6.45, 7) is 6.65. The normalized spacial score (nSPS) is 13.6. The van der Waals surface area contributed by atoms with Crippen molar-refractivity contribution in [3.05, 3.63) is 65.9 Å². The zero-order chi connectivity index (χ0) is 24.2. The molecule has 34 heavy (non-hydrogen) atoms. The topological polar surface area (TPSA) is 80.1 Å². The SMILES string of the molecule is Cc1ccc(S(=O)(=O)Nc2ccnc3c2c(-c2cc(F)c4c(c2)N(C)CC4)cn3C(C)C)nc1. The third-order valence-electron chi connectivity index (χ3n) is 6.26. The van der Waals surface area contributed by atoms with E-state index in [0.717, 1.165) is 17.8 Å². The van der Waals surface area contributed by atoms with Gasteiger partial charge in [0.1, 0.15) is 11.5 Å². The molecule has 176 valence electrons. The summed E-state index contributed by atoms with van der Waals surface area (Å²) in [4.78, 5) is 10.7. The molecule has 0 aliphatic carbocycles. The molecule has 0 spiro atoms. The van der Waals surface area contributed by atoms with Crippen LogP contribution in [0.4, 0.5) is 15.8 Å². The largest absolute Gasteiger partial charge is 0.374 e. The minimum atomic E-state index is -3.94. The standard InChI is InChI=1S/C25H26FN5O2S/c1-15(2)31-14-19(17-11-20(26)18-8-10-30(4)22(18)12-17)24-21(7-9-27-25(24)31)29-34(32,33)23-6-5-16(3)13-28-23/h5-7,9,11-15H,8,10H2,1-4H3,(H,27,29). The van der Waals surface area contributed by atoms with Gasteiger partial charge >= 0.3 is 0 Å². The molecule has 0 amide bonds.